The van der Waals surface area contributed by atoms with Gasteiger partial charge in [-0.05, 0) is 65.0 Å². The van der Waals surface area contributed by atoms with Crippen LogP contribution in [0.4, 0.5) is 10.5 Å². The molecule has 2 aliphatic rings. The van der Waals surface area contributed by atoms with Gasteiger partial charge in [-0.25, -0.2) is 4.79 Å². The molecule has 2 heterocycles. The monoisotopic (exact) mass is 557 g/mol. The van der Waals surface area contributed by atoms with Gasteiger partial charge < -0.3 is 25.2 Å². The van der Waals surface area contributed by atoms with Gasteiger partial charge in [0.15, 0.2) is 5.96 Å². The van der Waals surface area contributed by atoms with Crippen LogP contribution in [0, 0.1) is 12.8 Å². The van der Waals surface area contributed by atoms with Gasteiger partial charge in [-0.1, -0.05) is 17.7 Å². The highest BCUT2D eigenvalue weighted by atomic mass is 127. The lowest BCUT2D eigenvalue weighted by molar-refractivity contribution is 0.0185. The highest BCUT2D eigenvalue weighted by Gasteiger charge is 2.27. The van der Waals surface area contributed by atoms with Gasteiger partial charge >= 0.3 is 6.09 Å². The number of carbonyl (C=O) groups is 1. The van der Waals surface area contributed by atoms with E-state index in [-0.39, 0.29) is 30.1 Å². The molecule has 1 atom stereocenters. The van der Waals surface area contributed by atoms with Gasteiger partial charge in [-0.2, -0.15) is 0 Å². The summed E-state index contributed by atoms with van der Waals surface area (Å²) in [7, 11) is 1.83. The molecule has 2 fully saturated rings. The average Bonchev–Trinajstić information content (AvgIpc) is 3.19. The second kappa shape index (κ2) is 12.0. The number of guanidine groups is 1. The smallest absolute Gasteiger partial charge is 0.410 e. The summed E-state index contributed by atoms with van der Waals surface area (Å²) in [5.74, 6) is 1.40. The number of nitrogens with one attached hydrogen (secondary N) is 2. The molecular weight excluding hydrogens is 517 g/mol. The van der Waals surface area contributed by atoms with Crippen LogP contribution >= 0.6 is 24.0 Å². The Morgan fingerprint density at radius 3 is 2.38 bits per heavy atom. The van der Waals surface area contributed by atoms with Crippen molar-refractivity contribution in [2.75, 3.05) is 44.7 Å². The van der Waals surface area contributed by atoms with E-state index in [0.717, 1.165) is 57.9 Å². The second-order valence-corrected chi connectivity index (χ2v) is 9.78. The summed E-state index contributed by atoms with van der Waals surface area (Å²) >= 11 is 0. The van der Waals surface area contributed by atoms with Crippen molar-refractivity contribution in [3.8, 4) is 0 Å². The molecule has 180 valence electrons. The lowest BCUT2D eigenvalue weighted by Crippen LogP contribution is -2.48. The molecule has 7 nitrogen and oxygen atoms in total. The van der Waals surface area contributed by atoms with Gasteiger partial charge in [0.2, 0.25) is 0 Å². The zero-order chi connectivity index (χ0) is 22.4. The number of halogens is 1. The number of benzene rings is 1. The van der Waals surface area contributed by atoms with Gasteiger partial charge in [0.1, 0.15) is 5.60 Å². The predicted molar refractivity (Wildman–Crippen MR) is 142 cm³/mol. The van der Waals surface area contributed by atoms with Gasteiger partial charge in [0, 0.05) is 51.5 Å². The maximum absolute atomic E-state index is 12.2. The third-order valence-corrected chi connectivity index (χ3v) is 5.98. The van der Waals surface area contributed by atoms with Crippen molar-refractivity contribution in [2.24, 2.45) is 10.9 Å². The first-order valence-corrected chi connectivity index (χ1v) is 11.5. The minimum Gasteiger partial charge on any atom is -0.444 e. The fourth-order valence-electron chi connectivity index (χ4n) is 4.14. The minimum atomic E-state index is -0.442. The molecule has 1 amide bonds. The van der Waals surface area contributed by atoms with E-state index in [1.54, 1.807) is 0 Å². The number of nitrogens with zero attached hydrogens (tertiary/aromatic N) is 3. The van der Waals surface area contributed by atoms with Crippen molar-refractivity contribution in [3.05, 3.63) is 29.8 Å². The Morgan fingerprint density at radius 1 is 1.12 bits per heavy atom. The molecule has 2 saturated heterocycles. The standard InChI is InChI=1S/C24H39N5O2.HI/c1-18-6-8-21(9-7-18)29-15-12-20(17-29)27-22(25-5)26-16-19-10-13-28(14-11-19)23(30)31-24(2,3)4;/h6-9,19-20H,10-17H2,1-5H3,(H2,25,26,27);1H. The normalized spacial score (nSPS) is 20.0. The molecule has 0 aliphatic carbocycles. The van der Waals surface area contributed by atoms with Crippen LogP contribution in [-0.2, 0) is 4.74 Å². The quantitative estimate of drug-likeness (QED) is 0.333. The van der Waals surface area contributed by atoms with E-state index in [2.05, 4.69) is 51.7 Å². The van der Waals surface area contributed by atoms with E-state index in [1.165, 1.54) is 11.3 Å². The molecule has 1 aromatic rings. The van der Waals surface area contributed by atoms with Crippen molar-refractivity contribution < 1.29 is 9.53 Å². The number of anilines is 1. The molecule has 0 bridgehead atoms. The summed E-state index contributed by atoms with van der Waals surface area (Å²) in [6, 6.07) is 9.14. The lowest BCUT2D eigenvalue weighted by Gasteiger charge is -2.33. The van der Waals surface area contributed by atoms with Gasteiger partial charge in [0.25, 0.3) is 0 Å². The molecule has 1 unspecified atom stereocenters. The molecule has 3 rings (SSSR count). The number of piperidine rings is 1. The third kappa shape index (κ3) is 8.01. The number of hydrogen-bond acceptors (Lipinski definition) is 4. The van der Waals surface area contributed by atoms with Crippen LogP contribution < -0.4 is 15.5 Å². The first-order chi connectivity index (χ1) is 14.7. The van der Waals surface area contributed by atoms with E-state index in [9.17, 15) is 4.79 Å². The molecule has 2 aliphatic heterocycles. The lowest BCUT2D eigenvalue weighted by atomic mass is 9.97. The van der Waals surface area contributed by atoms with Crippen molar-refractivity contribution in [2.45, 2.75) is 58.6 Å². The maximum atomic E-state index is 12.2. The Kier molecular flexibility index (Phi) is 9.91. The number of hydrogen-bond donors (Lipinski definition) is 2. The zero-order valence-corrected chi connectivity index (χ0v) is 22.5. The van der Waals surface area contributed by atoms with Crippen molar-refractivity contribution in [1.82, 2.24) is 15.5 Å². The number of aliphatic imine (C=N–C) groups is 1. The predicted octanol–water partition coefficient (Wildman–Crippen LogP) is 4.00. The third-order valence-electron chi connectivity index (χ3n) is 5.98. The highest BCUT2D eigenvalue weighted by molar-refractivity contribution is 14.0. The molecule has 0 saturated carbocycles. The highest BCUT2D eigenvalue weighted by Crippen LogP contribution is 2.21. The number of ether oxygens (including phenoxy) is 1. The Hall–Kier alpha value is -1.71. The number of amides is 1. The molecule has 0 aromatic heterocycles. The summed E-state index contributed by atoms with van der Waals surface area (Å²) < 4.78 is 5.49. The molecule has 32 heavy (non-hydrogen) atoms. The zero-order valence-electron chi connectivity index (χ0n) is 20.2. The van der Waals surface area contributed by atoms with E-state index < -0.39 is 5.60 Å². The van der Waals surface area contributed by atoms with Crippen LogP contribution in [0.25, 0.3) is 0 Å². The largest absolute Gasteiger partial charge is 0.444 e. The Morgan fingerprint density at radius 2 is 1.78 bits per heavy atom. The van der Waals surface area contributed by atoms with Crippen LogP contribution in [0.2, 0.25) is 0 Å². The van der Waals surface area contributed by atoms with Crippen molar-refractivity contribution >= 4 is 41.7 Å². The number of carbonyl (C=O) groups excluding carboxylic acids is 1. The first-order valence-electron chi connectivity index (χ1n) is 11.5. The Bertz CT molecular complexity index is 755. The SMILES string of the molecule is CN=C(NCC1CCN(C(=O)OC(C)(C)C)CC1)NC1CCN(c2ccc(C)cc2)C1.I. The van der Waals surface area contributed by atoms with Crippen molar-refractivity contribution in [1.29, 1.82) is 0 Å². The average molecular weight is 558 g/mol. The molecule has 8 heteroatoms. The maximum Gasteiger partial charge on any atom is 0.410 e. The van der Waals surface area contributed by atoms with E-state index in [0.29, 0.717) is 12.0 Å². The number of rotatable bonds is 4. The number of likely N-dealkylation sites (tertiary alicyclic amines) is 1. The van der Waals surface area contributed by atoms with E-state index in [1.807, 2.05) is 32.7 Å². The summed E-state index contributed by atoms with van der Waals surface area (Å²) in [6.07, 6.45) is 2.86. The molecule has 0 radical (unpaired) electrons. The second-order valence-electron chi connectivity index (χ2n) is 9.78. The Labute approximate surface area is 210 Å². The Balaban J connectivity index is 0.00000363. The van der Waals surface area contributed by atoms with E-state index >= 15 is 0 Å². The van der Waals surface area contributed by atoms with Crippen LogP contribution in [0.3, 0.4) is 0 Å². The van der Waals surface area contributed by atoms with Crippen LogP contribution in [-0.4, -0.2) is 68.4 Å². The molecular formula is C24H40IN5O2. The summed E-state index contributed by atoms with van der Waals surface area (Å²) in [6.45, 7) is 12.3. The molecule has 1 aromatic carbocycles. The molecule has 0 spiro atoms. The minimum absolute atomic E-state index is 0. The van der Waals surface area contributed by atoms with Crippen LogP contribution in [0.1, 0.15) is 45.6 Å². The number of aryl methyl sites for hydroxylation is 1. The van der Waals surface area contributed by atoms with Gasteiger partial charge in [-0.3, -0.25) is 4.99 Å². The van der Waals surface area contributed by atoms with Gasteiger partial charge in [-0.15, -0.1) is 24.0 Å². The van der Waals surface area contributed by atoms with Crippen molar-refractivity contribution in [3.63, 3.8) is 0 Å². The van der Waals surface area contributed by atoms with E-state index in [4.69, 9.17) is 4.74 Å². The molecule has 2 N–H and O–H groups in total. The first kappa shape index (κ1) is 26.5. The fraction of sp³-hybridized carbons (Fsp3) is 0.667. The van der Waals surface area contributed by atoms with Crippen LogP contribution in [0.5, 0.6) is 0 Å². The fourth-order valence-corrected chi connectivity index (χ4v) is 4.14. The summed E-state index contributed by atoms with van der Waals surface area (Å²) in [5, 5.41) is 7.08. The summed E-state index contributed by atoms with van der Waals surface area (Å²) in [4.78, 5) is 20.9. The summed E-state index contributed by atoms with van der Waals surface area (Å²) in [5.41, 5.74) is 2.14. The van der Waals surface area contributed by atoms with Crippen LogP contribution in [0.15, 0.2) is 29.3 Å². The van der Waals surface area contributed by atoms with Gasteiger partial charge in [0.05, 0.1) is 0 Å². The topological polar surface area (TPSA) is 69.2 Å².